The number of piperazine rings is 1. The zero-order valence-corrected chi connectivity index (χ0v) is 11.2. The van der Waals surface area contributed by atoms with Gasteiger partial charge >= 0.3 is 5.97 Å². The van der Waals surface area contributed by atoms with E-state index in [9.17, 15) is 4.79 Å². The normalized spacial score (nSPS) is 30.7. The van der Waals surface area contributed by atoms with Crippen molar-refractivity contribution in [1.29, 1.82) is 0 Å². The molecule has 2 unspecified atom stereocenters. The van der Waals surface area contributed by atoms with Crippen molar-refractivity contribution in [2.24, 2.45) is 0 Å². The molecule has 2 atom stereocenters. The molecule has 0 aromatic heterocycles. The van der Waals surface area contributed by atoms with Crippen LogP contribution < -0.4 is 0 Å². The summed E-state index contributed by atoms with van der Waals surface area (Å²) in [5.41, 5.74) is 0. The summed E-state index contributed by atoms with van der Waals surface area (Å²) in [6.45, 7) is 4.92. The van der Waals surface area contributed by atoms with Crippen molar-refractivity contribution < 1.29 is 14.6 Å². The third kappa shape index (κ3) is 3.93. The van der Waals surface area contributed by atoms with Crippen LogP contribution in [0.15, 0.2) is 0 Å². The van der Waals surface area contributed by atoms with Crippen LogP contribution in [-0.2, 0) is 9.53 Å². The fraction of sp³-hybridized carbons (Fsp3) is 0.923. The Bertz CT molecular complexity index is 279. The first kappa shape index (κ1) is 13.8. The molecule has 2 fully saturated rings. The van der Waals surface area contributed by atoms with Gasteiger partial charge in [0.1, 0.15) is 0 Å². The largest absolute Gasteiger partial charge is 0.481 e. The van der Waals surface area contributed by atoms with Gasteiger partial charge in [0, 0.05) is 45.2 Å². The van der Waals surface area contributed by atoms with Crippen molar-refractivity contribution in [3.63, 3.8) is 0 Å². The third-order valence-electron chi connectivity index (χ3n) is 3.96. The van der Waals surface area contributed by atoms with Gasteiger partial charge in [0.15, 0.2) is 0 Å². The first-order valence-electron chi connectivity index (χ1n) is 6.91. The number of carboxylic acids is 1. The highest BCUT2D eigenvalue weighted by atomic mass is 16.5. The van der Waals surface area contributed by atoms with Gasteiger partial charge in [-0.1, -0.05) is 0 Å². The lowest BCUT2D eigenvalue weighted by Gasteiger charge is -2.41. The van der Waals surface area contributed by atoms with Gasteiger partial charge in [0.05, 0.1) is 6.10 Å². The Hall–Kier alpha value is -0.650. The maximum atomic E-state index is 10.7. The van der Waals surface area contributed by atoms with Crippen molar-refractivity contribution in [2.75, 3.05) is 39.8 Å². The molecule has 104 valence electrons. The second-order valence-electron chi connectivity index (χ2n) is 5.48. The second kappa shape index (κ2) is 6.50. The van der Waals surface area contributed by atoms with E-state index in [0.29, 0.717) is 12.1 Å². The van der Waals surface area contributed by atoms with Crippen molar-refractivity contribution in [3.8, 4) is 0 Å². The van der Waals surface area contributed by atoms with E-state index in [4.69, 9.17) is 9.84 Å². The van der Waals surface area contributed by atoms with E-state index in [1.165, 1.54) is 0 Å². The van der Waals surface area contributed by atoms with E-state index in [0.717, 1.165) is 52.0 Å². The smallest absolute Gasteiger partial charge is 0.303 e. The van der Waals surface area contributed by atoms with Crippen LogP contribution in [0.25, 0.3) is 0 Å². The highest BCUT2D eigenvalue weighted by Gasteiger charge is 2.28. The van der Waals surface area contributed by atoms with Gasteiger partial charge in [0.25, 0.3) is 0 Å². The molecule has 0 radical (unpaired) electrons. The molecule has 2 aliphatic heterocycles. The number of nitrogens with zero attached hydrogens (tertiary/aromatic N) is 2. The minimum atomic E-state index is -0.694. The Kier molecular flexibility index (Phi) is 4.97. The molecule has 0 bridgehead atoms. The summed E-state index contributed by atoms with van der Waals surface area (Å²) in [6.07, 6.45) is 3.68. The molecule has 0 saturated carbocycles. The van der Waals surface area contributed by atoms with Crippen LogP contribution in [0.5, 0.6) is 0 Å². The van der Waals surface area contributed by atoms with Crippen molar-refractivity contribution in [1.82, 2.24) is 9.80 Å². The Morgan fingerprint density at radius 3 is 2.94 bits per heavy atom. The van der Waals surface area contributed by atoms with E-state index in [-0.39, 0.29) is 6.42 Å². The van der Waals surface area contributed by atoms with E-state index >= 15 is 0 Å². The predicted molar refractivity (Wildman–Crippen MR) is 68.7 cm³/mol. The Balaban J connectivity index is 1.85. The summed E-state index contributed by atoms with van der Waals surface area (Å²) in [7, 11) is 2.11. The third-order valence-corrected chi connectivity index (χ3v) is 3.96. The van der Waals surface area contributed by atoms with Gasteiger partial charge in [-0.05, 0) is 26.3 Å². The maximum absolute atomic E-state index is 10.7. The molecule has 18 heavy (non-hydrogen) atoms. The number of likely N-dealkylation sites (N-methyl/N-ethyl adjacent to an activating group) is 1. The lowest BCUT2D eigenvalue weighted by Crippen LogP contribution is -2.53. The lowest BCUT2D eigenvalue weighted by atomic mass is 10.1. The summed E-state index contributed by atoms with van der Waals surface area (Å²) in [6, 6.07) is 0.365. The van der Waals surface area contributed by atoms with E-state index in [1.54, 1.807) is 0 Å². The number of carbonyl (C=O) groups is 1. The van der Waals surface area contributed by atoms with Crippen molar-refractivity contribution >= 4 is 5.97 Å². The molecule has 0 aliphatic carbocycles. The van der Waals surface area contributed by atoms with Gasteiger partial charge in [0.2, 0.25) is 0 Å². The van der Waals surface area contributed by atoms with Crippen molar-refractivity contribution in [2.45, 2.75) is 37.8 Å². The topological polar surface area (TPSA) is 53.0 Å². The molecule has 0 aromatic rings. The van der Waals surface area contributed by atoms with E-state index < -0.39 is 5.97 Å². The maximum Gasteiger partial charge on any atom is 0.303 e. The van der Waals surface area contributed by atoms with Gasteiger partial charge in [-0.15, -0.1) is 0 Å². The van der Waals surface area contributed by atoms with Crippen LogP contribution in [0.4, 0.5) is 0 Å². The number of carboxylic acid groups (broad SMARTS) is 1. The SMILES string of the molecule is CN1CCN(CC2CCCO2)C(CCC(=O)O)C1. The van der Waals surface area contributed by atoms with Gasteiger partial charge in [-0.2, -0.15) is 0 Å². The van der Waals surface area contributed by atoms with Gasteiger partial charge < -0.3 is 14.7 Å². The van der Waals surface area contributed by atoms with Crippen LogP contribution in [0.1, 0.15) is 25.7 Å². The quantitative estimate of drug-likeness (QED) is 0.782. The second-order valence-corrected chi connectivity index (χ2v) is 5.48. The Morgan fingerprint density at radius 1 is 1.44 bits per heavy atom. The monoisotopic (exact) mass is 256 g/mol. The molecule has 5 nitrogen and oxygen atoms in total. The van der Waals surface area contributed by atoms with Gasteiger partial charge in [-0.3, -0.25) is 9.69 Å². The Labute approximate surface area is 109 Å². The minimum absolute atomic E-state index is 0.264. The number of rotatable bonds is 5. The van der Waals surface area contributed by atoms with Crippen LogP contribution in [0, 0.1) is 0 Å². The first-order chi connectivity index (χ1) is 8.65. The molecule has 2 saturated heterocycles. The average molecular weight is 256 g/mol. The summed E-state index contributed by atoms with van der Waals surface area (Å²) in [5.74, 6) is -0.694. The lowest BCUT2D eigenvalue weighted by molar-refractivity contribution is -0.137. The number of aliphatic carboxylic acids is 1. The first-order valence-corrected chi connectivity index (χ1v) is 6.91. The van der Waals surface area contributed by atoms with Crippen LogP contribution in [-0.4, -0.2) is 72.9 Å². The van der Waals surface area contributed by atoms with Crippen LogP contribution >= 0.6 is 0 Å². The highest BCUT2D eigenvalue weighted by molar-refractivity contribution is 5.66. The molecular weight excluding hydrogens is 232 g/mol. The Morgan fingerprint density at radius 2 is 2.28 bits per heavy atom. The molecule has 0 amide bonds. The molecule has 2 heterocycles. The fourth-order valence-electron chi connectivity index (χ4n) is 2.90. The standard InChI is InChI=1S/C13H24N2O3/c1-14-6-7-15(10-12-3-2-8-18-12)11(9-14)4-5-13(16)17/h11-12H,2-10H2,1H3,(H,16,17). The molecular formula is C13H24N2O3. The van der Waals surface area contributed by atoms with E-state index in [2.05, 4.69) is 16.8 Å². The number of hydrogen-bond donors (Lipinski definition) is 1. The van der Waals surface area contributed by atoms with Crippen LogP contribution in [0.3, 0.4) is 0 Å². The molecule has 0 spiro atoms. The molecule has 5 heteroatoms. The number of ether oxygens (including phenoxy) is 1. The average Bonchev–Trinajstić information content (AvgIpc) is 2.82. The number of hydrogen-bond acceptors (Lipinski definition) is 4. The molecule has 0 aromatic carbocycles. The summed E-state index contributed by atoms with van der Waals surface area (Å²) >= 11 is 0. The molecule has 2 rings (SSSR count). The van der Waals surface area contributed by atoms with E-state index in [1.807, 2.05) is 0 Å². The van der Waals surface area contributed by atoms with Gasteiger partial charge in [-0.25, -0.2) is 0 Å². The zero-order chi connectivity index (χ0) is 13.0. The highest BCUT2D eigenvalue weighted by Crippen LogP contribution is 2.19. The predicted octanol–water partition coefficient (Wildman–Crippen LogP) is 0.646. The summed E-state index contributed by atoms with van der Waals surface area (Å²) in [4.78, 5) is 15.4. The molecule has 1 N–H and O–H groups in total. The minimum Gasteiger partial charge on any atom is -0.481 e. The fourth-order valence-corrected chi connectivity index (χ4v) is 2.90. The van der Waals surface area contributed by atoms with Crippen LogP contribution in [0.2, 0.25) is 0 Å². The van der Waals surface area contributed by atoms with Crippen molar-refractivity contribution in [3.05, 3.63) is 0 Å². The summed E-state index contributed by atoms with van der Waals surface area (Å²) < 4.78 is 5.68. The zero-order valence-electron chi connectivity index (χ0n) is 11.2. The summed E-state index contributed by atoms with van der Waals surface area (Å²) in [5, 5.41) is 8.82. The molecule has 2 aliphatic rings.